The maximum atomic E-state index is 12.1. The lowest BCUT2D eigenvalue weighted by Gasteiger charge is -2.28. The fourth-order valence-electron chi connectivity index (χ4n) is 3.14. The van der Waals surface area contributed by atoms with Gasteiger partial charge in [-0.15, -0.1) is 0 Å². The van der Waals surface area contributed by atoms with Gasteiger partial charge in [0.1, 0.15) is 0 Å². The normalized spacial score (nSPS) is 14.0. The van der Waals surface area contributed by atoms with E-state index in [4.69, 9.17) is 5.26 Å². The van der Waals surface area contributed by atoms with E-state index in [-0.39, 0.29) is 5.91 Å². The van der Waals surface area contributed by atoms with Crippen molar-refractivity contribution < 1.29 is 4.79 Å². The second-order valence-corrected chi connectivity index (χ2v) is 6.41. The number of hydrogen-bond donors (Lipinski definition) is 1. The monoisotopic (exact) mass is 333 g/mol. The molecule has 1 fully saturated rings. The number of nitriles is 1. The molecule has 0 radical (unpaired) electrons. The standard InChI is InChI=1S/C21H23N3O/c22-16-18-4-8-19(9-5-18)21(25)23-13-12-17-6-10-20(11-7-17)24-14-2-1-3-15-24/h4-11H,1-3,12-15H2,(H,23,25). The fourth-order valence-corrected chi connectivity index (χ4v) is 3.14. The zero-order valence-electron chi connectivity index (χ0n) is 14.4. The van der Waals surface area contributed by atoms with Crippen LogP contribution in [0, 0.1) is 11.3 Å². The molecule has 0 bridgehead atoms. The van der Waals surface area contributed by atoms with Gasteiger partial charge in [0.2, 0.25) is 0 Å². The summed E-state index contributed by atoms with van der Waals surface area (Å²) in [7, 11) is 0. The molecule has 0 aliphatic carbocycles. The molecule has 1 heterocycles. The SMILES string of the molecule is N#Cc1ccc(C(=O)NCCc2ccc(N3CCCCC3)cc2)cc1. The molecule has 4 heteroatoms. The lowest BCUT2D eigenvalue weighted by molar-refractivity contribution is 0.0954. The first-order valence-corrected chi connectivity index (χ1v) is 8.88. The summed E-state index contributed by atoms with van der Waals surface area (Å²) in [6, 6.07) is 17.4. The molecule has 1 N–H and O–H groups in total. The lowest BCUT2D eigenvalue weighted by atomic mass is 10.1. The van der Waals surface area contributed by atoms with Gasteiger partial charge in [0.15, 0.2) is 0 Å². The number of carbonyl (C=O) groups is 1. The molecule has 1 saturated heterocycles. The summed E-state index contributed by atoms with van der Waals surface area (Å²) >= 11 is 0. The van der Waals surface area contributed by atoms with E-state index in [1.54, 1.807) is 24.3 Å². The topological polar surface area (TPSA) is 56.1 Å². The third-order valence-corrected chi connectivity index (χ3v) is 4.63. The molecule has 0 atom stereocenters. The Morgan fingerprint density at radius 1 is 1.00 bits per heavy atom. The molecule has 4 nitrogen and oxygen atoms in total. The van der Waals surface area contributed by atoms with Gasteiger partial charge in [-0.1, -0.05) is 12.1 Å². The highest BCUT2D eigenvalue weighted by Gasteiger charge is 2.10. The number of carbonyl (C=O) groups excluding carboxylic acids is 1. The van der Waals surface area contributed by atoms with Crippen LogP contribution in [0.2, 0.25) is 0 Å². The first kappa shape index (κ1) is 17.0. The first-order chi connectivity index (χ1) is 12.3. The van der Waals surface area contributed by atoms with Crippen LogP contribution in [-0.4, -0.2) is 25.5 Å². The van der Waals surface area contributed by atoms with E-state index in [9.17, 15) is 4.79 Å². The van der Waals surface area contributed by atoms with Crippen LogP contribution in [0.25, 0.3) is 0 Å². The zero-order chi connectivity index (χ0) is 17.5. The highest BCUT2D eigenvalue weighted by molar-refractivity contribution is 5.94. The second-order valence-electron chi connectivity index (χ2n) is 6.41. The van der Waals surface area contributed by atoms with E-state index >= 15 is 0 Å². The molecule has 3 rings (SSSR count). The molecule has 25 heavy (non-hydrogen) atoms. The van der Waals surface area contributed by atoms with Gasteiger partial charge in [0.05, 0.1) is 11.6 Å². The van der Waals surface area contributed by atoms with E-state index in [1.165, 1.54) is 30.5 Å². The summed E-state index contributed by atoms with van der Waals surface area (Å²) in [6.07, 6.45) is 4.71. The van der Waals surface area contributed by atoms with E-state index < -0.39 is 0 Å². The molecular weight excluding hydrogens is 310 g/mol. The summed E-state index contributed by atoms with van der Waals surface area (Å²) in [6.45, 7) is 2.90. The largest absolute Gasteiger partial charge is 0.372 e. The van der Waals surface area contributed by atoms with Crippen molar-refractivity contribution in [3.05, 3.63) is 65.2 Å². The molecule has 1 aliphatic heterocycles. The van der Waals surface area contributed by atoms with Crippen LogP contribution in [0.5, 0.6) is 0 Å². The Labute approximate surface area is 149 Å². The van der Waals surface area contributed by atoms with Crippen LogP contribution in [0.4, 0.5) is 5.69 Å². The minimum atomic E-state index is -0.102. The summed E-state index contributed by atoms with van der Waals surface area (Å²) in [5.74, 6) is -0.102. The molecule has 0 unspecified atom stereocenters. The number of piperidine rings is 1. The molecule has 128 valence electrons. The maximum absolute atomic E-state index is 12.1. The number of nitrogens with zero attached hydrogens (tertiary/aromatic N) is 2. The Morgan fingerprint density at radius 2 is 1.68 bits per heavy atom. The number of rotatable bonds is 5. The Bertz CT molecular complexity index is 738. The van der Waals surface area contributed by atoms with E-state index in [0.29, 0.717) is 17.7 Å². The number of hydrogen-bond acceptors (Lipinski definition) is 3. The summed E-state index contributed by atoms with van der Waals surface area (Å²) in [4.78, 5) is 14.5. The van der Waals surface area contributed by atoms with Gasteiger partial charge >= 0.3 is 0 Å². The van der Waals surface area contributed by atoms with Crippen molar-refractivity contribution in [3.8, 4) is 6.07 Å². The zero-order valence-corrected chi connectivity index (χ0v) is 14.4. The second kappa shape index (κ2) is 8.34. The quantitative estimate of drug-likeness (QED) is 0.911. The van der Waals surface area contributed by atoms with Crippen LogP contribution in [0.1, 0.15) is 40.7 Å². The average Bonchev–Trinajstić information content (AvgIpc) is 2.69. The Hall–Kier alpha value is -2.80. The third-order valence-electron chi connectivity index (χ3n) is 4.63. The highest BCUT2D eigenvalue weighted by atomic mass is 16.1. The predicted molar refractivity (Wildman–Crippen MR) is 99.7 cm³/mol. The van der Waals surface area contributed by atoms with Crippen molar-refractivity contribution in [2.75, 3.05) is 24.5 Å². The van der Waals surface area contributed by atoms with Gasteiger partial charge in [0, 0.05) is 30.9 Å². The molecule has 1 aliphatic rings. The fraction of sp³-hybridized carbons (Fsp3) is 0.333. The lowest BCUT2D eigenvalue weighted by Crippen LogP contribution is -2.29. The number of amides is 1. The van der Waals surface area contributed by atoms with Crippen molar-refractivity contribution in [1.29, 1.82) is 5.26 Å². The Kier molecular flexibility index (Phi) is 5.69. The van der Waals surface area contributed by atoms with E-state index in [0.717, 1.165) is 19.5 Å². The minimum absolute atomic E-state index is 0.102. The Morgan fingerprint density at radius 3 is 2.32 bits per heavy atom. The van der Waals surface area contributed by atoms with E-state index in [1.807, 2.05) is 0 Å². The van der Waals surface area contributed by atoms with E-state index in [2.05, 4.69) is 40.6 Å². The van der Waals surface area contributed by atoms with Gasteiger partial charge in [0.25, 0.3) is 5.91 Å². The van der Waals surface area contributed by atoms with Crippen molar-refractivity contribution in [1.82, 2.24) is 5.32 Å². The van der Waals surface area contributed by atoms with Crippen molar-refractivity contribution in [2.45, 2.75) is 25.7 Å². The number of benzene rings is 2. The molecule has 1 amide bonds. The maximum Gasteiger partial charge on any atom is 0.251 e. The Balaban J connectivity index is 1.48. The molecule has 0 saturated carbocycles. The minimum Gasteiger partial charge on any atom is -0.372 e. The van der Waals surface area contributed by atoms with Crippen LogP contribution >= 0.6 is 0 Å². The van der Waals surface area contributed by atoms with Crippen LogP contribution in [0.3, 0.4) is 0 Å². The third kappa shape index (κ3) is 4.60. The summed E-state index contributed by atoms with van der Waals surface area (Å²) < 4.78 is 0. The van der Waals surface area contributed by atoms with Crippen molar-refractivity contribution in [3.63, 3.8) is 0 Å². The van der Waals surface area contributed by atoms with Gasteiger partial charge in [-0.2, -0.15) is 5.26 Å². The summed E-state index contributed by atoms with van der Waals surface area (Å²) in [5.41, 5.74) is 3.66. The first-order valence-electron chi connectivity index (χ1n) is 8.88. The number of anilines is 1. The van der Waals surface area contributed by atoms with Gasteiger partial charge in [-0.05, 0) is 67.6 Å². The van der Waals surface area contributed by atoms with Crippen molar-refractivity contribution in [2.24, 2.45) is 0 Å². The van der Waals surface area contributed by atoms with Crippen LogP contribution in [0.15, 0.2) is 48.5 Å². The molecule has 2 aromatic carbocycles. The predicted octanol–water partition coefficient (Wildman–Crippen LogP) is 3.52. The smallest absolute Gasteiger partial charge is 0.251 e. The molecular formula is C21H23N3O. The molecule has 0 spiro atoms. The average molecular weight is 333 g/mol. The highest BCUT2D eigenvalue weighted by Crippen LogP contribution is 2.20. The van der Waals surface area contributed by atoms with Crippen molar-refractivity contribution >= 4 is 11.6 Å². The van der Waals surface area contributed by atoms with Gasteiger partial charge in [-0.3, -0.25) is 4.79 Å². The van der Waals surface area contributed by atoms with Crippen LogP contribution in [-0.2, 0) is 6.42 Å². The van der Waals surface area contributed by atoms with Crippen LogP contribution < -0.4 is 10.2 Å². The summed E-state index contributed by atoms with van der Waals surface area (Å²) in [5, 5.41) is 11.7. The molecule has 0 aromatic heterocycles. The van der Waals surface area contributed by atoms with Gasteiger partial charge in [-0.25, -0.2) is 0 Å². The number of nitrogens with one attached hydrogen (secondary N) is 1. The molecule has 2 aromatic rings. The van der Waals surface area contributed by atoms with Gasteiger partial charge < -0.3 is 10.2 Å².